The van der Waals surface area contributed by atoms with E-state index in [9.17, 15) is 14.0 Å². The molecule has 0 aromatic heterocycles. The van der Waals surface area contributed by atoms with Crippen molar-refractivity contribution in [2.24, 2.45) is 5.92 Å². The largest absolute Gasteiger partial charge is 0.355 e. The van der Waals surface area contributed by atoms with E-state index in [1.807, 2.05) is 36.4 Å². The molecule has 1 heterocycles. The first-order valence-electron chi connectivity index (χ1n) is 13.8. The van der Waals surface area contributed by atoms with Gasteiger partial charge in [0.05, 0.1) is 11.0 Å². The molecule has 2 atom stereocenters. The van der Waals surface area contributed by atoms with Gasteiger partial charge in [-0.25, -0.2) is 9.18 Å². The molecule has 1 aliphatic carbocycles. The highest BCUT2D eigenvalue weighted by Gasteiger charge is 2.61. The maximum absolute atomic E-state index is 13.6. The number of carbonyl (C=O) groups is 2. The molecule has 6 nitrogen and oxygen atoms in total. The highest BCUT2D eigenvalue weighted by molar-refractivity contribution is 5.92. The summed E-state index contributed by atoms with van der Waals surface area (Å²) in [6.07, 6.45) is 3.09. The van der Waals surface area contributed by atoms with Gasteiger partial charge < -0.3 is 20.9 Å². The molecule has 3 aromatic rings. The topological polar surface area (TPSA) is 73.5 Å². The van der Waals surface area contributed by atoms with Gasteiger partial charge in [0.15, 0.2) is 0 Å². The maximum Gasteiger partial charge on any atom is 0.315 e. The number of nitrogens with one attached hydrogen (secondary N) is 3. The van der Waals surface area contributed by atoms with Crippen LogP contribution in [0, 0.1) is 11.7 Å². The maximum atomic E-state index is 13.6. The van der Waals surface area contributed by atoms with E-state index >= 15 is 0 Å². The van der Waals surface area contributed by atoms with Crippen LogP contribution in [0.1, 0.15) is 36.0 Å². The molecule has 7 heteroatoms. The first-order chi connectivity index (χ1) is 18.9. The minimum Gasteiger partial charge on any atom is -0.355 e. The molecule has 1 aliphatic heterocycles. The van der Waals surface area contributed by atoms with Crippen LogP contribution in [0.15, 0.2) is 84.9 Å². The van der Waals surface area contributed by atoms with Gasteiger partial charge in [-0.2, -0.15) is 0 Å². The number of piperidine rings is 1. The van der Waals surface area contributed by atoms with Gasteiger partial charge in [-0.1, -0.05) is 72.8 Å². The van der Waals surface area contributed by atoms with Crippen molar-refractivity contribution >= 4 is 11.9 Å². The fourth-order valence-corrected chi connectivity index (χ4v) is 6.13. The lowest BCUT2D eigenvalue weighted by Gasteiger charge is -2.43. The molecule has 2 fully saturated rings. The summed E-state index contributed by atoms with van der Waals surface area (Å²) < 4.78 is 13.2. The Morgan fingerprint density at radius 3 is 2.13 bits per heavy atom. The lowest BCUT2D eigenvalue weighted by atomic mass is 9.80. The van der Waals surface area contributed by atoms with E-state index in [2.05, 4.69) is 45.1 Å². The van der Waals surface area contributed by atoms with Gasteiger partial charge in [-0.15, -0.1) is 0 Å². The summed E-state index contributed by atoms with van der Waals surface area (Å²) in [4.78, 5) is 28.4. The lowest BCUT2D eigenvalue weighted by molar-refractivity contribution is -0.124. The second-order valence-electron chi connectivity index (χ2n) is 10.8. The molecule has 0 unspecified atom stereocenters. The van der Waals surface area contributed by atoms with Crippen molar-refractivity contribution in [3.8, 4) is 0 Å². The number of benzene rings is 3. The van der Waals surface area contributed by atoms with Gasteiger partial charge in [0.1, 0.15) is 5.82 Å². The second-order valence-corrected chi connectivity index (χ2v) is 10.8. The average Bonchev–Trinajstić information content (AvgIpc) is 3.71. The summed E-state index contributed by atoms with van der Waals surface area (Å²) in [6, 6.07) is 26.6. The zero-order chi connectivity index (χ0) is 27.3. The van der Waals surface area contributed by atoms with Crippen molar-refractivity contribution in [3.05, 3.63) is 107 Å². The van der Waals surface area contributed by atoms with Crippen molar-refractivity contribution in [2.75, 3.05) is 33.2 Å². The van der Waals surface area contributed by atoms with E-state index in [4.69, 9.17) is 0 Å². The molecule has 3 amide bonds. The molecular formula is C32H37FN4O2. The van der Waals surface area contributed by atoms with Gasteiger partial charge in [0, 0.05) is 33.2 Å². The van der Waals surface area contributed by atoms with E-state index in [-0.39, 0.29) is 23.7 Å². The zero-order valence-corrected chi connectivity index (χ0v) is 22.5. The number of halogens is 1. The molecular weight excluding hydrogens is 491 g/mol. The Labute approximate surface area is 230 Å². The minimum atomic E-state index is -0.529. The van der Waals surface area contributed by atoms with Gasteiger partial charge in [-0.3, -0.25) is 4.79 Å². The highest BCUT2D eigenvalue weighted by Crippen LogP contribution is 2.55. The van der Waals surface area contributed by atoms with Crippen LogP contribution in [-0.4, -0.2) is 50.1 Å². The highest BCUT2D eigenvalue weighted by atomic mass is 19.1. The molecule has 0 bridgehead atoms. The number of rotatable bonds is 9. The first-order valence-corrected chi connectivity index (χ1v) is 13.8. The monoisotopic (exact) mass is 528 g/mol. The number of likely N-dealkylation sites (tertiary alicyclic amines) is 1. The fraction of sp³-hybridized carbons (Fsp3) is 0.375. The summed E-state index contributed by atoms with van der Waals surface area (Å²) in [6.45, 7) is 3.03. The van der Waals surface area contributed by atoms with Crippen molar-refractivity contribution in [3.63, 3.8) is 0 Å². The third kappa shape index (κ3) is 5.83. The number of amides is 3. The summed E-state index contributed by atoms with van der Waals surface area (Å²) >= 11 is 0. The van der Waals surface area contributed by atoms with Crippen molar-refractivity contribution in [1.29, 1.82) is 0 Å². The normalized spacial score (nSPS) is 22.1. The van der Waals surface area contributed by atoms with Crippen molar-refractivity contribution in [2.45, 2.75) is 36.6 Å². The fourth-order valence-electron chi connectivity index (χ4n) is 6.13. The van der Waals surface area contributed by atoms with Gasteiger partial charge in [-0.05, 0) is 60.4 Å². The Hall–Kier alpha value is -3.71. The Bertz CT molecular complexity index is 1260. The second kappa shape index (κ2) is 11.6. The van der Waals surface area contributed by atoms with Crippen molar-refractivity contribution in [1.82, 2.24) is 20.9 Å². The molecule has 3 aromatic carbocycles. The first kappa shape index (κ1) is 26.9. The quantitative estimate of drug-likeness (QED) is 0.386. The number of hydrogen-bond acceptors (Lipinski definition) is 3. The number of hydrogen-bond donors (Lipinski definition) is 3. The van der Waals surface area contributed by atoms with Crippen LogP contribution >= 0.6 is 0 Å². The molecule has 1 saturated carbocycles. The minimum absolute atomic E-state index is 0.0673. The van der Waals surface area contributed by atoms with Crippen LogP contribution in [0.5, 0.6) is 0 Å². The van der Waals surface area contributed by atoms with E-state index in [0.29, 0.717) is 13.0 Å². The third-order valence-electron chi connectivity index (χ3n) is 8.51. The van der Waals surface area contributed by atoms with E-state index in [0.717, 1.165) is 55.6 Å². The Kier molecular flexibility index (Phi) is 7.98. The Morgan fingerprint density at radius 1 is 0.897 bits per heavy atom. The van der Waals surface area contributed by atoms with Gasteiger partial charge in [0.25, 0.3) is 0 Å². The van der Waals surface area contributed by atoms with E-state index in [1.165, 1.54) is 12.1 Å². The predicted molar refractivity (Wildman–Crippen MR) is 151 cm³/mol. The molecule has 2 aliphatic rings. The van der Waals surface area contributed by atoms with Crippen LogP contribution in [-0.2, 0) is 22.2 Å². The van der Waals surface area contributed by atoms with Crippen LogP contribution < -0.4 is 16.0 Å². The average molecular weight is 529 g/mol. The predicted octanol–water partition coefficient (Wildman–Crippen LogP) is 4.36. The Morgan fingerprint density at radius 2 is 1.51 bits per heavy atom. The molecule has 3 N–H and O–H groups in total. The van der Waals surface area contributed by atoms with Crippen LogP contribution in [0.4, 0.5) is 9.18 Å². The third-order valence-corrected chi connectivity index (χ3v) is 8.51. The summed E-state index contributed by atoms with van der Waals surface area (Å²) in [5.74, 6) is 0.0364. The summed E-state index contributed by atoms with van der Waals surface area (Å²) in [7, 11) is 1.64. The molecule has 39 heavy (non-hydrogen) atoms. The number of urea groups is 1. The molecule has 0 spiro atoms. The molecule has 204 valence electrons. The summed E-state index contributed by atoms with van der Waals surface area (Å²) in [5, 5.41) is 9.10. The Balaban J connectivity index is 1.24. The molecule has 5 rings (SSSR count). The number of carbonyl (C=O) groups excluding carboxylic acids is 2. The zero-order valence-electron chi connectivity index (χ0n) is 22.5. The van der Waals surface area contributed by atoms with Crippen LogP contribution in [0.25, 0.3) is 0 Å². The lowest BCUT2D eigenvalue weighted by Crippen LogP contribution is -2.55. The van der Waals surface area contributed by atoms with Crippen molar-refractivity contribution < 1.29 is 14.0 Å². The smallest absolute Gasteiger partial charge is 0.315 e. The SMILES string of the molecule is CNC(=O)NC1(c2ccccc2)CCN(C[C@@H]2C[C@@]2(C(=O)NCCc2ccc(F)cc2)c2ccccc2)CC1. The van der Waals surface area contributed by atoms with Crippen LogP contribution in [0.2, 0.25) is 0 Å². The van der Waals surface area contributed by atoms with Gasteiger partial charge >= 0.3 is 6.03 Å². The molecule has 1 saturated heterocycles. The standard InChI is InChI=1S/C32H37FN4O2/c1-34-30(39)36-31(25-8-4-2-5-9-25)17-20-37(21-18-31)23-27-22-32(27,26-10-6-3-7-11-26)29(38)35-19-16-24-12-14-28(33)15-13-24/h2-15,27H,16-23H2,1H3,(H,35,38)(H2,34,36,39)/t27-,32+/m0/s1. The summed E-state index contributed by atoms with van der Waals surface area (Å²) in [5.41, 5.74) is 2.25. The molecule has 0 radical (unpaired) electrons. The number of nitrogens with zero attached hydrogens (tertiary/aromatic N) is 1. The van der Waals surface area contributed by atoms with E-state index in [1.54, 1.807) is 19.2 Å². The van der Waals surface area contributed by atoms with E-state index < -0.39 is 11.0 Å². The van der Waals surface area contributed by atoms with Gasteiger partial charge in [0.2, 0.25) is 5.91 Å². The van der Waals surface area contributed by atoms with Crippen LogP contribution in [0.3, 0.4) is 0 Å².